The summed E-state index contributed by atoms with van der Waals surface area (Å²) < 4.78 is 2.59. The van der Waals surface area contributed by atoms with Crippen molar-refractivity contribution < 1.29 is 0 Å². The lowest BCUT2D eigenvalue weighted by Gasteiger charge is -2.07. The molecule has 0 atom stereocenters. The SMILES string of the molecule is S=c1[nH]c2cccnc2n1-c1cccc2ccncc12. The van der Waals surface area contributed by atoms with Gasteiger partial charge < -0.3 is 4.98 Å². The van der Waals surface area contributed by atoms with Gasteiger partial charge in [0.05, 0.1) is 11.2 Å². The molecule has 5 heteroatoms. The first-order chi connectivity index (χ1) is 9.84. The molecule has 0 aliphatic heterocycles. The van der Waals surface area contributed by atoms with Crippen LogP contribution in [0.25, 0.3) is 27.6 Å². The minimum atomic E-state index is 0.634. The van der Waals surface area contributed by atoms with Gasteiger partial charge in [0.25, 0.3) is 0 Å². The van der Waals surface area contributed by atoms with E-state index in [-0.39, 0.29) is 0 Å². The van der Waals surface area contributed by atoms with Crippen molar-refractivity contribution in [3.8, 4) is 5.69 Å². The summed E-state index contributed by atoms with van der Waals surface area (Å²) in [5.41, 5.74) is 2.75. The average Bonchev–Trinajstić information content (AvgIpc) is 2.82. The van der Waals surface area contributed by atoms with E-state index in [1.165, 1.54) is 0 Å². The Hall–Kier alpha value is -2.53. The summed E-state index contributed by atoms with van der Waals surface area (Å²) in [4.78, 5) is 11.8. The molecule has 0 radical (unpaired) electrons. The van der Waals surface area contributed by atoms with Crippen LogP contribution in [0, 0.1) is 4.77 Å². The molecule has 3 heterocycles. The van der Waals surface area contributed by atoms with Gasteiger partial charge in [-0.3, -0.25) is 9.55 Å². The highest BCUT2D eigenvalue weighted by Gasteiger charge is 2.09. The van der Waals surface area contributed by atoms with Crippen LogP contribution in [0.2, 0.25) is 0 Å². The fraction of sp³-hybridized carbons (Fsp3) is 0. The third-order valence-corrected chi connectivity index (χ3v) is 3.63. The molecular formula is C15H10N4S. The van der Waals surface area contributed by atoms with E-state index in [0.29, 0.717) is 4.77 Å². The Balaban J connectivity index is 2.17. The number of nitrogens with one attached hydrogen (secondary N) is 1. The molecule has 4 nitrogen and oxygen atoms in total. The van der Waals surface area contributed by atoms with Crippen LogP contribution >= 0.6 is 12.2 Å². The molecule has 96 valence electrons. The molecule has 20 heavy (non-hydrogen) atoms. The molecule has 1 aromatic carbocycles. The lowest BCUT2D eigenvalue weighted by molar-refractivity contribution is 1.05. The number of fused-ring (bicyclic) bond motifs is 2. The zero-order chi connectivity index (χ0) is 13.5. The normalized spacial score (nSPS) is 11.2. The molecule has 0 amide bonds. The van der Waals surface area contributed by atoms with E-state index in [1.54, 1.807) is 12.4 Å². The fourth-order valence-corrected chi connectivity index (χ4v) is 2.75. The highest BCUT2D eigenvalue weighted by molar-refractivity contribution is 7.71. The highest BCUT2D eigenvalue weighted by atomic mass is 32.1. The van der Waals surface area contributed by atoms with E-state index in [9.17, 15) is 0 Å². The molecule has 0 unspecified atom stereocenters. The van der Waals surface area contributed by atoms with Crippen LogP contribution < -0.4 is 0 Å². The van der Waals surface area contributed by atoms with Crippen LogP contribution in [0.4, 0.5) is 0 Å². The van der Waals surface area contributed by atoms with Gasteiger partial charge in [-0.25, -0.2) is 4.98 Å². The van der Waals surface area contributed by atoms with Gasteiger partial charge >= 0.3 is 0 Å². The van der Waals surface area contributed by atoms with Crippen LogP contribution in [-0.4, -0.2) is 19.5 Å². The topological polar surface area (TPSA) is 46.5 Å². The molecule has 0 saturated heterocycles. The Bertz CT molecular complexity index is 978. The summed E-state index contributed by atoms with van der Waals surface area (Å²) in [5.74, 6) is 0. The van der Waals surface area contributed by atoms with E-state index in [4.69, 9.17) is 12.2 Å². The summed E-state index contributed by atoms with van der Waals surface area (Å²) in [5, 5.41) is 2.18. The number of aromatic nitrogens is 4. The van der Waals surface area contributed by atoms with Crippen LogP contribution in [0.5, 0.6) is 0 Å². The van der Waals surface area contributed by atoms with Gasteiger partial charge in [-0.15, -0.1) is 0 Å². The number of rotatable bonds is 1. The number of pyridine rings is 2. The Morgan fingerprint density at radius 2 is 2.00 bits per heavy atom. The molecule has 0 aliphatic rings. The summed E-state index contributed by atoms with van der Waals surface area (Å²) >= 11 is 5.44. The van der Waals surface area contributed by atoms with Gasteiger partial charge in [0.1, 0.15) is 0 Å². The van der Waals surface area contributed by atoms with Crippen molar-refractivity contribution in [2.45, 2.75) is 0 Å². The number of aromatic amines is 1. The monoisotopic (exact) mass is 278 g/mol. The highest BCUT2D eigenvalue weighted by Crippen LogP contribution is 2.24. The van der Waals surface area contributed by atoms with E-state index in [0.717, 1.165) is 27.6 Å². The second-order valence-electron chi connectivity index (χ2n) is 4.51. The predicted molar refractivity (Wildman–Crippen MR) is 81.6 cm³/mol. The second kappa shape index (κ2) is 4.25. The quantitative estimate of drug-likeness (QED) is 0.541. The van der Waals surface area contributed by atoms with Crippen LogP contribution in [0.3, 0.4) is 0 Å². The fourth-order valence-electron chi connectivity index (χ4n) is 2.46. The molecule has 4 rings (SSSR count). The van der Waals surface area contributed by atoms with Gasteiger partial charge in [0.15, 0.2) is 10.4 Å². The van der Waals surface area contributed by atoms with E-state index >= 15 is 0 Å². The Morgan fingerprint density at radius 3 is 2.95 bits per heavy atom. The van der Waals surface area contributed by atoms with E-state index in [2.05, 4.69) is 21.0 Å². The molecule has 0 fully saturated rings. The maximum absolute atomic E-state index is 5.44. The van der Waals surface area contributed by atoms with Crippen molar-refractivity contribution in [1.82, 2.24) is 19.5 Å². The second-order valence-corrected chi connectivity index (χ2v) is 4.90. The van der Waals surface area contributed by atoms with E-state index < -0.39 is 0 Å². The smallest absolute Gasteiger partial charge is 0.184 e. The van der Waals surface area contributed by atoms with Gasteiger partial charge in [-0.2, -0.15) is 0 Å². The number of hydrogen-bond donors (Lipinski definition) is 1. The maximum Gasteiger partial charge on any atom is 0.184 e. The third kappa shape index (κ3) is 1.57. The number of H-pyrrole nitrogens is 1. The molecule has 1 N–H and O–H groups in total. The molecular weight excluding hydrogens is 268 g/mol. The standard InChI is InChI=1S/C15H10N4S/c20-15-18-12-4-2-7-17-14(12)19(15)13-5-1-3-10-6-8-16-9-11(10)13/h1-9H,(H,18,20). The maximum atomic E-state index is 5.44. The third-order valence-electron chi connectivity index (χ3n) is 3.34. The summed E-state index contributed by atoms with van der Waals surface area (Å²) in [7, 11) is 0. The van der Waals surface area contributed by atoms with Gasteiger partial charge in [0.2, 0.25) is 0 Å². The summed E-state index contributed by atoms with van der Waals surface area (Å²) in [6.07, 6.45) is 5.41. The van der Waals surface area contributed by atoms with Crippen molar-refractivity contribution in [3.05, 3.63) is 59.8 Å². The molecule has 0 aliphatic carbocycles. The van der Waals surface area contributed by atoms with E-state index in [1.807, 2.05) is 41.1 Å². The van der Waals surface area contributed by atoms with Crippen molar-refractivity contribution in [3.63, 3.8) is 0 Å². The molecule has 0 spiro atoms. The van der Waals surface area contributed by atoms with Gasteiger partial charge in [0, 0.05) is 24.0 Å². The Morgan fingerprint density at radius 1 is 1.05 bits per heavy atom. The minimum absolute atomic E-state index is 0.634. The zero-order valence-corrected chi connectivity index (χ0v) is 11.3. The van der Waals surface area contributed by atoms with Crippen LogP contribution in [-0.2, 0) is 0 Å². The zero-order valence-electron chi connectivity index (χ0n) is 10.4. The summed E-state index contributed by atoms with van der Waals surface area (Å²) in [6, 6.07) is 12.0. The molecule has 0 saturated carbocycles. The number of benzene rings is 1. The summed E-state index contributed by atoms with van der Waals surface area (Å²) in [6.45, 7) is 0. The molecule has 4 aromatic rings. The number of nitrogens with zero attached hydrogens (tertiary/aromatic N) is 3. The lowest BCUT2D eigenvalue weighted by Crippen LogP contribution is -1.96. The first-order valence-corrected chi connectivity index (χ1v) is 6.64. The first-order valence-electron chi connectivity index (χ1n) is 6.23. The van der Waals surface area contributed by atoms with Crippen LogP contribution in [0.15, 0.2) is 55.0 Å². The van der Waals surface area contributed by atoms with Crippen molar-refractivity contribution in [2.24, 2.45) is 0 Å². The number of hydrogen-bond acceptors (Lipinski definition) is 3. The molecule has 0 bridgehead atoms. The predicted octanol–water partition coefficient (Wildman–Crippen LogP) is 3.63. The largest absolute Gasteiger partial charge is 0.329 e. The van der Waals surface area contributed by atoms with Crippen molar-refractivity contribution in [1.29, 1.82) is 0 Å². The van der Waals surface area contributed by atoms with Crippen molar-refractivity contribution in [2.75, 3.05) is 0 Å². The molecule has 3 aromatic heterocycles. The number of imidazole rings is 1. The van der Waals surface area contributed by atoms with Gasteiger partial charge in [-0.05, 0) is 41.9 Å². The Labute approximate surface area is 119 Å². The van der Waals surface area contributed by atoms with Crippen molar-refractivity contribution >= 4 is 34.2 Å². The van der Waals surface area contributed by atoms with Crippen LogP contribution in [0.1, 0.15) is 0 Å². The minimum Gasteiger partial charge on any atom is -0.329 e. The lowest BCUT2D eigenvalue weighted by atomic mass is 10.1. The first kappa shape index (κ1) is 11.3. The van der Waals surface area contributed by atoms with Gasteiger partial charge in [-0.1, -0.05) is 12.1 Å². The average molecular weight is 278 g/mol. The Kier molecular flexibility index (Phi) is 2.40.